The van der Waals surface area contributed by atoms with Gasteiger partial charge in [-0.15, -0.1) is 0 Å². The molecule has 1 atom stereocenters. The van der Waals surface area contributed by atoms with Crippen molar-refractivity contribution in [2.24, 2.45) is 5.41 Å². The number of aliphatic hydroxyl groups excluding tert-OH is 2. The van der Waals surface area contributed by atoms with Crippen LogP contribution in [0.2, 0.25) is 0 Å². The molecule has 1 unspecified atom stereocenters. The monoisotopic (exact) mass is 300 g/mol. The number of aromatic nitrogens is 2. The minimum Gasteiger partial charge on any atom is -0.396 e. The van der Waals surface area contributed by atoms with Crippen LogP contribution in [0.4, 0.5) is 0 Å². The molecule has 0 aliphatic carbocycles. The minimum atomic E-state index is -0.925. The summed E-state index contributed by atoms with van der Waals surface area (Å²) in [4.78, 5) is 16.3. The molecule has 0 aromatic carbocycles. The summed E-state index contributed by atoms with van der Waals surface area (Å²) in [6.07, 6.45) is 5.48. The first-order valence-corrected chi connectivity index (χ1v) is 6.97. The Bertz CT molecular complexity index is 674. The van der Waals surface area contributed by atoms with Crippen molar-refractivity contribution >= 4 is 11.5 Å². The average Bonchev–Trinajstić information content (AvgIpc) is 3.03. The third-order valence-corrected chi connectivity index (χ3v) is 3.67. The van der Waals surface area contributed by atoms with Crippen molar-refractivity contribution in [2.75, 3.05) is 6.61 Å². The maximum Gasteiger partial charge on any atom is 0.196 e. The molecule has 22 heavy (non-hydrogen) atoms. The molecular formula is C17H20N2O3. The van der Waals surface area contributed by atoms with Crippen LogP contribution in [-0.4, -0.2) is 38.3 Å². The number of hydrogen-bond acceptors (Lipinski definition) is 4. The molecule has 0 saturated carbocycles. The Morgan fingerprint density at radius 1 is 1.41 bits per heavy atom. The van der Waals surface area contributed by atoms with Gasteiger partial charge >= 0.3 is 0 Å². The van der Waals surface area contributed by atoms with Gasteiger partial charge in [0.1, 0.15) is 6.10 Å². The van der Waals surface area contributed by atoms with Crippen molar-refractivity contribution in [2.45, 2.75) is 20.0 Å². The van der Waals surface area contributed by atoms with Crippen molar-refractivity contribution in [3.05, 3.63) is 60.7 Å². The number of hydrogen-bond donors (Lipinski definition) is 2. The highest BCUT2D eigenvalue weighted by atomic mass is 16.3. The maximum atomic E-state index is 12.3. The van der Waals surface area contributed by atoms with Gasteiger partial charge < -0.3 is 14.8 Å². The summed E-state index contributed by atoms with van der Waals surface area (Å²) in [5.41, 5.74) is 0.684. The van der Waals surface area contributed by atoms with Gasteiger partial charge in [0.15, 0.2) is 5.78 Å². The summed E-state index contributed by atoms with van der Waals surface area (Å²) in [5, 5.41) is 19.6. The van der Waals surface area contributed by atoms with Gasteiger partial charge in [0, 0.05) is 47.0 Å². The highest BCUT2D eigenvalue weighted by Gasteiger charge is 2.30. The fourth-order valence-corrected chi connectivity index (χ4v) is 2.05. The molecule has 5 heteroatoms. The van der Waals surface area contributed by atoms with Gasteiger partial charge in [0.25, 0.3) is 0 Å². The van der Waals surface area contributed by atoms with Crippen LogP contribution in [0.15, 0.2) is 49.6 Å². The molecule has 0 spiro atoms. The van der Waals surface area contributed by atoms with Crippen molar-refractivity contribution in [1.29, 1.82) is 0 Å². The van der Waals surface area contributed by atoms with Crippen LogP contribution in [-0.2, 0) is 0 Å². The van der Waals surface area contributed by atoms with E-state index in [2.05, 4.69) is 11.6 Å². The highest BCUT2D eigenvalue weighted by Crippen LogP contribution is 2.27. The van der Waals surface area contributed by atoms with Crippen LogP contribution in [0.25, 0.3) is 5.70 Å². The number of rotatable bonds is 6. The SMILES string of the molecule is C=C(C(O)C(C)(C)CO)n1ccc(C(=O)c2cccnc2)c1. The molecule has 116 valence electrons. The van der Waals surface area contributed by atoms with E-state index >= 15 is 0 Å². The molecular weight excluding hydrogens is 280 g/mol. The highest BCUT2D eigenvalue weighted by molar-refractivity contribution is 6.08. The van der Waals surface area contributed by atoms with Crippen molar-refractivity contribution in [1.82, 2.24) is 9.55 Å². The number of pyridine rings is 1. The summed E-state index contributed by atoms with van der Waals surface area (Å²) < 4.78 is 1.60. The minimum absolute atomic E-state index is 0.143. The number of nitrogens with zero attached hydrogens (tertiary/aromatic N) is 2. The van der Waals surface area contributed by atoms with Gasteiger partial charge in [-0.2, -0.15) is 0 Å². The van der Waals surface area contributed by atoms with Crippen LogP contribution < -0.4 is 0 Å². The topological polar surface area (TPSA) is 75.3 Å². The lowest BCUT2D eigenvalue weighted by Gasteiger charge is -2.30. The van der Waals surface area contributed by atoms with Crippen LogP contribution in [0.5, 0.6) is 0 Å². The molecule has 0 saturated heterocycles. The molecule has 0 amide bonds. The molecule has 0 fully saturated rings. The largest absolute Gasteiger partial charge is 0.396 e. The summed E-state index contributed by atoms with van der Waals surface area (Å²) in [5.74, 6) is -0.143. The first-order valence-electron chi connectivity index (χ1n) is 6.97. The fraction of sp³-hybridized carbons (Fsp3) is 0.294. The molecule has 2 aromatic heterocycles. The Balaban J connectivity index is 2.22. The van der Waals surface area contributed by atoms with Gasteiger partial charge in [-0.25, -0.2) is 0 Å². The zero-order chi connectivity index (χ0) is 16.3. The van der Waals surface area contributed by atoms with E-state index in [-0.39, 0.29) is 12.4 Å². The van der Waals surface area contributed by atoms with Gasteiger partial charge in [0.05, 0.1) is 6.61 Å². The summed E-state index contributed by atoms with van der Waals surface area (Å²) in [6, 6.07) is 5.07. The lowest BCUT2D eigenvalue weighted by Crippen LogP contribution is -2.34. The standard InChI is InChI=1S/C17H20N2O3/c1-12(16(22)17(2,3)11-20)19-8-6-14(10-19)15(21)13-5-4-7-18-9-13/h4-10,16,20,22H,1,11H2,2-3H3. The summed E-state index contributed by atoms with van der Waals surface area (Å²) in [6.45, 7) is 7.18. The van der Waals surface area contributed by atoms with Crippen molar-refractivity contribution in [3.63, 3.8) is 0 Å². The molecule has 2 rings (SSSR count). The molecule has 2 aromatic rings. The fourth-order valence-electron chi connectivity index (χ4n) is 2.05. The lowest BCUT2D eigenvalue weighted by atomic mass is 9.86. The molecule has 0 aliphatic heterocycles. The van der Waals surface area contributed by atoms with E-state index in [0.717, 1.165) is 0 Å². The molecule has 5 nitrogen and oxygen atoms in total. The zero-order valence-electron chi connectivity index (χ0n) is 12.7. The molecule has 0 aliphatic rings. The Morgan fingerprint density at radius 3 is 2.73 bits per heavy atom. The number of carbonyl (C=O) groups is 1. The van der Waals surface area contributed by atoms with Crippen molar-refractivity contribution < 1.29 is 15.0 Å². The smallest absolute Gasteiger partial charge is 0.196 e. The summed E-state index contributed by atoms with van der Waals surface area (Å²) in [7, 11) is 0. The van der Waals surface area contributed by atoms with Gasteiger partial charge in [0.2, 0.25) is 0 Å². The third kappa shape index (κ3) is 3.16. The Kier molecular flexibility index (Phi) is 4.59. The zero-order valence-corrected chi connectivity index (χ0v) is 12.7. The normalized spacial score (nSPS) is 12.9. The molecule has 2 N–H and O–H groups in total. The Morgan fingerprint density at radius 2 is 2.14 bits per heavy atom. The van der Waals surface area contributed by atoms with E-state index in [4.69, 9.17) is 0 Å². The quantitative estimate of drug-likeness (QED) is 0.800. The predicted molar refractivity (Wildman–Crippen MR) is 84.3 cm³/mol. The van der Waals surface area contributed by atoms with E-state index in [1.165, 1.54) is 6.20 Å². The van der Waals surface area contributed by atoms with E-state index in [1.807, 2.05) is 0 Å². The van der Waals surface area contributed by atoms with Crippen LogP contribution in [0.3, 0.4) is 0 Å². The maximum absolute atomic E-state index is 12.3. The summed E-state index contributed by atoms with van der Waals surface area (Å²) >= 11 is 0. The first-order chi connectivity index (χ1) is 10.4. The Labute approximate surface area is 129 Å². The van der Waals surface area contributed by atoms with E-state index < -0.39 is 11.5 Å². The molecule has 0 radical (unpaired) electrons. The average molecular weight is 300 g/mol. The van der Waals surface area contributed by atoms with Gasteiger partial charge in [-0.1, -0.05) is 20.4 Å². The Hall–Kier alpha value is -2.24. The number of aliphatic hydroxyl groups is 2. The van der Waals surface area contributed by atoms with Gasteiger partial charge in [-0.05, 0) is 18.2 Å². The molecule has 0 bridgehead atoms. The first kappa shape index (κ1) is 16.1. The lowest BCUT2D eigenvalue weighted by molar-refractivity contribution is 0.0415. The van der Waals surface area contributed by atoms with Crippen LogP contribution in [0, 0.1) is 5.41 Å². The van der Waals surface area contributed by atoms with E-state index in [0.29, 0.717) is 16.8 Å². The number of ketones is 1. The second kappa shape index (κ2) is 6.25. The van der Waals surface area contributed by atoms with Gasteiger partial charge in [-0.3, -0.25) is 9.78 Å². The second-order valence-electron chi connectivity index (χ2n) is 5.92. The van der Waals surface area contributed by atoms with Crippen LogP contribution >= 0.6 is 0 Å². The third-order valence-electron chi connectivity index (χ3n) is 3.67. The number of carbonyl (C=O) groups excluding carboxylic acids is 1. The van der Waals surface area contributed by atoms with Crippen LogP contribution in [0.1, 0.15) is 29.8 Å². The predicted octanol–water partition coefficient (Wildman–Crippen LogP) is 1.96. The van der Waals surface area contributed by atoms with E-state index in [9.17, 15) is 15.0 Å². The van der Waals surface area contributed by atoms with Crippen molar-refractivity contribution in [3.8, 4) is 0 Å². The molecule has 2 heterocycles. The van der Waals surface area contributed by atoms with E-state index in [1.54, 1.807) is 55.2 Å². The second-order valence-corrected chi connectivity index (χ2v) is 5.92.